The molecule has 2 rings (SSSR count). The average Bonchev–Trinajstić information content (AvgIpc) is 2.70. The summed E-state index contributed by atoms with van der Waals surface area (Å²) in [6.07, 6.45) is 2.65. The first-order valence-electron chi connectivity index (χ1n) is 7.64. The van der Waals surface area contributed by atoms with Crippen LogP contribution in [0.25, 0.3) is 12.2 Å². The van der Waals surface area contributed by atoms with Crippen molar-refractivity contribution in [2.45, 2.75) is 0 Å². The Hall–Kier alpha value is -3.17. The van der Waals surface area contributed by atoms with Gasteiger partial charge in [0.1, 0.15) is 5.15 Å². The minimum absolute atomic E-state index is 0.0729. The molecule has 0 aliphatic heterocycles. The zero-order chi connectivity index (χ0) is 22.3. The Labute approximate surface area is 175 Å². The number of hydrogen-bond acceptors (Lipinski definition) is 8. The maximum absolute atomic E-state index is 13.2. The van der Waals surface area contributed by atoms with E-state index in [1.807, 2.05) is 0 Å². The first kappa shape index (κ1) is 23.9. The largest absolute Gasteiger partial charge is 0.464 e. The predicted molar refractivity (Wildman–Crippen MR) is 110 cm³/mol. The average molecular weight is 443 g/mol. The number of esters is 2. The number of carbonyl (C=O) groups is 2. The number of hydrogen-bond donors (Lipinski definition) is 2. The van der Waals surface area contributed by atoms with Crippen LogP contribution in [0.3, 0.4) is 0 Å². The van der Waals surface area contributed by atoms with Gasteiger partial charge in [0.2, 0.25) is 0 Å². The van der Waals surface area contributed by atoms with Gasteiger partial charge in [0.15, 0.2) is 22.4 Å². The third-order valence-electron chi connectivity index (χ3n) is 3.40. The molecule has 4 N–H and O–H groups in total. The highest BCUT2D eigenvalue weighted by Crippen LogP contribution is 2.26. The Kier molecular flexibility index (Phi) is 8.56. The maximum atomic E-state index is 13.2. The van der Waals surface area contributed by atoms with E-state index in [1.54, 1.807) is 0 Å². The Bertz CT molecular complexity index is 983. The number of rotatable bonds is 4. The summed E-state index contributed by atoms with van der Waals surface area (Å²) in [5.74, 6) is -2.22. The summed E-state index contributed by atoms with van der Waals surface area (Å²) in [5, 5.41) is -0.327. The summed E-state index contributed by atoms with van der Waals surface area (Å²) in [6, 6.07) is 1.45. The fourth-order valence-electron chi connectivity index (χ4n) is 2.03. The van der Waals surface area contributed by atoms with Gasteiger partial charge in [0, 0.05) is 16.8 Å². The van der Waals surface area contributed by atoms with Crippen LogP contribution in [0.4, 0.5) is 15.8 Å². The second-order valence-corrected chi connectivity index (χ2v) is 5.83. The van der Waals surface area contributed by atoms with E-state index in [0.29, 0.717) is 11.3 Å². The van der Waals surface area contributed by atoms with E-state index in [9.17, 15) is 14.0 Å². The maximum Gasteiger partial charge on any atom is 0.357 e. The van der Waals surface area contributed by atoms with Crippen molar-refractivity contribution in [3.8, 4) is 0 Å². The second-order valence-electron chi connectivity index (χ2n) is 5.08. The van der Waals surface area contributed by atoms with Gasteiger partial charge in [-0.1, -0.05) is 48.5 Å². The number of nitrogens with two attached hydrogens (primary N) is 2. The molecule has 0 saturated carbocycles. The van der Waals surface area contributed by atoms with Crippen molar-refractivity contribution in [3.05, 3.63) is 57.9 Å². The molecule has 0 radical (unpaired) electrons. The van der Waals surface area contributed by atoms with E-state index in [-0.39, 0.29) is 27.8 Å². The fourth-order valence-corrected chi connectivity index (χ4v) is 2.42. The van der Waals surface area contributed by atoms with E-state index in [4.69, 9.17) is 34.7 Å². The van der Waals surface area contributed by atoms with Crippen molar-refractivity contribution < 1.29 is 23.5 Å². The number of halogens is 3. The number of carbonyl (C=O) groups excluding carboxylic acids is 2. The zero-order valence-electron chi connectivity index (χ0n) is 15.5. The third kappa shape index (κ3) is 5.43. The van der Waals surface area contributed by atoms with Gasteiger partial charge in [-0.15, -0.1) is 0 Å². The molecule has 0 aliphatic carbocycles. The first-order valence-corrected chi connectivity index (χ1v) is 8.40. The molecular weight excluding hydrogens is 426 g/mol. The van der Waals surface area contributed by atoms with Crippen LogP contribution in [0.1, 0.15) is 32.1 Å². The van der Waals surface area contributed by atoms with E-state index >= 15 is 0 Å². The molecule has 0 atom stereocenters. The van der Waals surface area contributed by atoms with Crippen LogP contribution in [0.15, 0.2) is 19.2 Å². The number of nitrogen functional groups attached to an aromatic ring is 2. The Balaban J connectivity index is 0.000000291. The molecule has 2 heterocycles. The van der Waals surface area contributed by atoms with Crippen LogP contribution in [0.2, 0.25) is 10.3 Å². The van der Waals surface area contributed by atoms with Crippen molar-refractivity contribution in [1.29, 1.82) is 0 Å². The molecule has 2 aromatic heterocycles. The third-order valence-corrected chi connectivity index (χ3v) is 3.84. The molecule has 0 aliphatic rings. The number of pyridine rings is 2. The van der Waals surface area contributed by atoms with E-state index in [0.717, 1.165) is 0 Å². The SMILES string of the molecule is C=Cc1c(C(=O)OC)nc(Cl)c(F)c1N.C=Cc1c(N)cc(Cl)nc1C(=O)OC. The molecule has 8 nitrogen and oxygen atoms in total. The van der Waals surface area contributed by atoms with Gasteiger partial charge in [-0.2, -0.15) is 0 Å². The monoisotopic (exact) mass is 442 g/mol. The van der Waals surface area contributed by atoms with E-state index in [2.05, 4.69) is 32.6 Å². The Morgan fingerprint density at radius 2 is 1.52 bits per heavy atom. The smallest absolute Gasteiger partial charge is 0.357 e. The molecular formula is C18H17Cl2FN4O4. The van der Waals surface area contributed by atoms with Gasteiger partial charge < -0.3 is 20.9 Å². The zero-order valence-corrected chi connectivity index (χ0v) is 17.0. The van der Waals surface area contributed by atoms with E-state index in [1.165, 1.54) is 32.4 Å². The molecule has 0 amide bonds. The highest BCUT2D eigenvalue weighted by molar-refractivity contribution is 6.30. The normalized spacial score (nSPS) is 9.69. The van der Waals surface area contributed by atoms with Crippen molar-refractivity contribution in [3.63, 3.8) is 0 Å². The van der Waals surface area contributed by atoms with Crippen molar-refractivity contribution in [1.82, 2.24) is 9.97 Å². The van der Waals surface area contributed by atoms with Crippen molar-refractivity contribution in [2.24, 2.45) is 0 Å². The number of nitrogens with zero attached hydrogens (tertiary/aromatic N) is 2. The van der Waals surface area contributed by atoms with Crippen molar-refractivity contribution >= 4 is 58.7 Å². The van der Waals surface area contributed by atoms with Crippen LogP contribution in [-0.4, -0.2) is 36.1 Å². The lowest BCUT2D eigenvalue weighted by Gasteiger charge is -2.08. The first-order chi connectivity index (χ1) is 13.6. The number of methoxy groups -OCH3 is 2. The van der Waals surface area contributed by atoms with Gasteiger partial charge in [-0.25, -0.2) is 23.9 Å². The van der Waals surface area contributed by atoms with Gasteiger partial charge in [-0.3, -0.25) is 0 Å². The molecule has 11 heteroatoms. The molecule has 2 aromatic rings. The standard InChI is InChI=1S/C9H8ClFN2O2.C9H9ClN2O2/c1-3-4-6(12)5(11)8(10)13-7(4)9(14)15-2;1-3-5-6(11)4-7(10)12-8(5)9(13)14-2/h3H,1H2,2H3,(H2,12,13);3-4H,1H2,2H3,(H2,11,12). The summed E-state index contributed by atoms with van der Waals surface area (Å²) in [7, 11) is 2.43. The molecule has 29 heavy (non-hydrogen) atoms. The summed E-state index contributed by atoms with van der Waals surface area (Å²) in [4.78, 5) is 29.8. The number of anilines is 2. The Morgan fingerprint density at radius 1 is 1.03 bits per heavy atom. The molecule has 0 bridgehead atoms. The molecule has 0 unspecified atom stereocenters. The summed E-state index contributed by atoms with van der Waals surface area (Å²) in [5.41, 5.74) is 11.5. The minimum atomic E-state index is -0.876. The lowest BCUT2D eigenvalue weighted by molar-refractivity contribution is 0.0585. The lowest BCUT2D eigenvalue weighted by atomic mass is 10.1. The van der Waals surface area contributed by atoms with Crippen molar-refractivity contribution in [2.75, 3.05) is 25.7 Å². The van der Waals surface area contributed by atoms with Gasteiger partial charge in [0.25, 0.3) is 0 Å². The van der Waals surface area contributed by atoms with Gasteiger partial charge in [0.05, 0.1) is 19.9 Å². The lowest BCUT2D eigenvalue weighted by Crippen LogP contribution is -2.11. The van der Waals surface area contributed by atoms with Crippen LogP contribution in [0, 0.1) is 5.82 Å². The second kappa shape index (κ2) is 10.4. The number of aromatic nitrogens is 2. The fraction of sp³-hybridized carbons (Fsp3) is 0.111. The highest BCUT2D eigenvalue weighted by Gasteiger charge is 2.20. The van der Waals surface area contributed by atoms with E-state index < -0.39 is 22.9 Å². The Morgan fingerprint density at radius 3 is 1.97 bits per heavy atom. The predicted octanol–water partition coefficient (Wildman–Crippen LogP) is 3.63. The molecule has 0 aromatic carbocycles. The van der Waals surface area contributed by atoms with Gasteiger partial charge >= 0.3 is 11.9 Å². The number of ether oxygens (including phenoxy) is 2. The van der Waals surface area contributed by atoms with Crippen LogP contribution in [0.5, 0.6) is 0 Å². The van der Waals surface area contributed by atoms with Gasteiger partial charge in [-0.05, 0) is 6.07 Å². The molecule has 0 saturated heterocycles. The summed E-state index contributed by atoms with van der Waals surface area (Å²) < 4.78 is 22.2. The van der Waals surface area contributed by atoms with Crippen LogP contribution >= 0.6 is 23.2 Å². The molecule has 0 spiro atoms. The minimum Gasteiger partial charge on any atom is -0.464 e. The highest BCUT2D eigenvalue weighted by atomic mass is 35.5. The van der Waals surface area contributed by atoms with Crippen LogP contribution in [-0.2, 0) is 9.47 Å². The summed E-state index contributed by atoms with van der Waals surface area (Å²) in [6.45, 7) is 6.93. The molecule has 0 fully saturated rings. The summed E-state index contributed by atoms with van der Waals surface area (Å²) >= 11 is 11.1. The quantitative estimate of drug-likeness (QED) is 0.541. The molecule has 154 valence electrons. The topological polar surface area (TPSA) is 130 Å². The van der Waals surface area contributed by atoms with Crippen LogP contribution < -0.4 is 11.5 Å².